The van der Waals surface area contributed by atoms with Gasteiger partial charge in [0.1, 0.15) is 0 Å². The number of hydrogen-bond donors (Lipinski definition) is 1. The predicted octanol–water partition coefficient (Wildman–Crippen LogP) is 3.47. The van der Waals surface area contributed by atoms with Crippen molar-refractivity contribution in [3.05, 3.63) is 35.4 Å². The highest BCUT2D eigenvalue weighted by atomic mass is 16.5. The Labute approximate surface area is 111 Å². The molecular formula is C16H25NO. The molecule has 1 atom stereocenters. The van der Waals surface area contributed by atoms with Crippen molar-refractivity contribution < 1.29 is 4.74 Å². The van der Waals surface area contributed by atoms with Crippen LogP contribution in [0.15, 0.2) is 24.3 Å². The van der Waals surface area contributed by atoms with Gasteiger partial charge >= 0.3 is 0 Å². The molecular weight excluding hydrogens is 222 g/mol. The average molecular weight is 247 g/mol. The molecule has 0 aromatic heterocycles. The number of hydrogen-bond acceptors (Lipinski definition) is 2. The van der Waals surface area contributed by atoms with E-state index in [1.54, 1.807) is 0 Å². The van der Waals surface area contributed by atoms with Gasteiger partial charge < -0.3 is 10.1 Å². The third kappa shape index (κ3) is 3.56. The van der Waals surface area contributed by atoms with Gasteiger partial charge in [0.15, 0.2) is 0 Å². The highest BCUT2D eigenvalue weighted by Gasteiger charge is 2.24. The van der Waals surface area contributed by atoms with E-state index in [0.717, 1.165) is 26.0 Å². The summed E-state index contributed by atoms with van der Waals surface area (Å²) >= 11 is 0. The van der Waals surface area contributed by atoms with Gasteiger partial charge in [0.2, 0.25) is 0 Å². The molecule has 0 saturated carbocycles. The Balaban J connectivity index is 2.02. The van der Waals surface area contributed by atoms with Crippen LogP contribution in [0.5, 0.6) is 0 Å². The molecule has 0 aliphatic carbocycles. The van der Waals surface area contributed by atoms with Crippen molar-refractivity contribution in [3.8, 4) is 0 Å². The smallest absolute Gasteiger partial charge is 0.0949 e. The SMILES string of the molecule is CCCc1ccc(C2CNC(C)(C)CCO2)cc1. The van der Waals surface area contributed by atoms with Crippen molar-refractivity contribution in [3.63, 3.8) is 0 Å². The lowest BCUT2D eigenvalue weighted by atomic mass is 10.0. The highest BCUT2D eigenvalue weighted by molar-refractivity contribution is 5.25. The monoisotopic (exact) mass is 247 g/mol. The fourth-order valence-electron chi connectivity index (χ4n) is 2.37. The van der Waals surface area contributed by atoms with Gasteiger partial charge in [0, 0.05) is 18.7 Å². The summed E-state index contributed by atoms with van der Waals surface area (Å²) in [6.45, 7) is 8.43. The second-order valence-electron chi connectivity index (χ2n) is 5.87. The maximum atomic E-state index is 5.96. The highest BCUT2D eigenvalue weighted by Crippen LogP contribution is 2.23. The molecule has 1 fully saturated rings. The first kappa shape index (κ1) is 13.6. The average Bonchev–Trinajstić information content (AvgIpc) is 2.52. The summed E-state index contributed by atoms with van der Waals surface area (Å²) in [6, 6.07) is 8.90. The molecule has 1 aromatic carbocycles. The van der Waals surface area contributed by atoms with E-state index in [1.807, 2.05) is 0 Å². The summed E-state index contributed by atoms with van der Waals surface area (Å²) in [4.78, 5) is 0. The van der Waals surface area contributed by atoms with E-state index in [4.69, 9.17) is 4.74 Å². The van der Waals surface area contributed by atoms with Crippen LogP contribution in [0.3, 0.4) is 0 Å². The minimum atomic E-state index is 0.191. The summed E-state index contributed by atoms with van der Waals surface area (Å²) < 4.78 is 5.96. The molecule has 18 heavy (non-hydrogen) atoms. The summed E-state index contributed by atoms with van der Waals surface area (Å²) in [5.74, 6) is 0. The van der Waals surface area contributed by atoms with Crippen molar-refractivity contribution in [2.24, 2.45) is 0 Å². The second-order valence-corrected chi connectivity index (χ2v) is 5.87. The zero-order chi connectivity index (χ0) is 13.0. The van der Waals surface area contributed by atoms with Gasteiger partial charge in [-0.3, -0.25) is 0 Å². The Hall–Kier alpha value is -0.860. The first-order valence-corrected chi connectivity index (χ1v) is 7.06. The Bertz CT molecular complexity index is 369. The number of aryl methyl sites for hydroxylation is 1. The Kier molecular flexibility index (Phi) is 4.41. The van der Waals surface area contributed by atoms with Crippen LogP contribution in [0, 0.1) is 0 Å². The van der Waals surface area contributed by atoms with Crippen LogP contribution >= 0.6 is 0 Å². The van der Waals surface area contributed by atoms with Gasteiger partial charge in [-0.1, -0.05) is 37.6 Å². The summed E-state index contributed by atoms with van der Waals surface area (Å²) in [5.41, 5.74) is 2.90. The fraction of sp³-hybridized carbons (Fsp3) is 0.625. The van der Waals surface area contributed by atoms with Gasteiger partial charge in [0.25, 0.3) is 0 Å². The second kappa shape index (κ2) is 5.85. The molecule has 1 aliphatic rings. The van der Waals surface area contributed by atoms with Crippen molar-refractivity contribution in [1.82, 2.24) is 5.32 Å². The summed E-state index contributed by atoms with van der Waals surface area (Å²) in [5, 5.41) is 3.58. The number of benzene rings is 1. The van der Waals surface area contributed by atoms with E-state index in [2.05, 4.69) is 50.4 Å². The number of ether oxygens (including phenoxy) is 1. The van der Waals surface area contributed by atoms with Crippen molar-refractivity contribution >= 4 is 0 Å². The van der Waals surface area contributed by atoms with Crippen molar-refractivity contribution in [1.29, 1.82) is 0 Å². The van der Waals surface area contributed by atoms with Crippen LogP contribution in [0.4, 0.5) is 0 Å². The third-order valence-electron chi connectivity index (χ3n) is 3.70. The third-order valence-corrected chi connectivity index (χ3v) is 3.70. The van der Waals surface area contributed by atoms with Crippen LogP contribution in [-0.4, -0.2) is 18.7 Å². The quantitative estimate of drug-likeness (QED) is 0.883. The van der Waals surface area contributed by atoms with Gasteiger partial charge in [-0.25, -0.2) is 0 Å². The van der Waals surface area contributed by atoms with Gasteiger partial charge in [-0.15, -0.1) is 0 Å². The van der Waals surface area contributed by atoms with Crippen LogP contribution in [0.2, 0.25) is 0 Å². The zero-order valence-corrected chi connectivity index (χ0v) is 11.8. The molecule has 2 nitrogen and oxygen atoms in total. The molecule has 1 saturated heterocycles. The Morgan fingerprint density at radius 1 is 1.28 bits per heavy atom. The lowest BCUT2D eigenvalue weighted by molar-refractivity contribution is 0.0656. The van der Waals surface area contributed by atoms with Gasteiger partial charge in [-0.2, -0.15) is 0 Å². The molecule has 1 heterocycles. The van der Waals surface area contributed by atoms with E-state index in [9.17, 15) is 0 Å². The molecule has 0 spiro atoms. The molecule has 1 aromatic rings. The first-order valence-electron chi connectivity index (χ1n) is 7.06. The standard InChI is InChI=1S/C16H25NO/c1-4-5-13-6-8-14(9-7-13)15-12-17-16(2,3)10-11-18-15/h6-9,15,17H,4-5,10-12H2,1-3H3. The maximum Gasteiger partial charge on any atom is 0.0949 e. The lowest BCUT2D eigenvalue weighted by Gasteiger charge is -2.23. The van der Waals surface area contributed by atoms with Crippen molar-refractivity contribution in [2.75, 3.05) is 13.2 Å². The largest absolute Gasteiger partial charge is 0.372 e. The molecule has 1 aliphatic heterocycles. The van der Waals surface area contributed by atoms with Crippen molar-refractivity contribution in [2.45, 2.75) is 51.7 Å². The number of rotatable bonds is 3. The normalized spacial score (nSPS) is 23.6. The maximum absolute atomic E-state index is 5.96. The van der Waals surface area contributed by atoms with Crippen LogP contribution in [0.1, 0.15) is 50.8 Å². The fourth-order valence-corrected chi connectivity index (χ4v) is 2.37. The van der Waals surface area contributed by atoms with E-state index in [0.29, 0.717) is 0 Å². The topological polar surface area (TPSA) is 21.3 Å². The first-order chi connectivity index (χ1) is 8.61. The molecule has 2 heteroatoms. The molecule has 2 rings (SSSR count). The van der Waals surface area contributed by atoms with Crippen LogP contribution in [-0.2, 0) is 11.2 Å². The summed E-state index contributed by atoms with van der Waals surface area (Å²) in [6.07, 6.45) is 3.63. The van der Waals surface area contributed by atoms with Gasteiger partial charge in [0.05, 0.1) is 6.10 Å². The van der Waals surface area contributed by atoms with E-state index < -0.39 is 0 Å². The molecule has 1 N–H and O–H groups in total. The molecule has 1 unspecified atom stereocenters. The van der Waals surface area contributed by atoms with Gasteiger partial charge in [-0.05, 0) is 37.8 Å². The molecule has 0 amide bonds. The Morgan fingerprint density at radius 2 is 2.00 bits per heavy atom. The van der Waals surface area contributed by atoms with E-state index >= 15 is 0 Å². The van der Waals surface area contributed by atoms with E-state index in [1.165, 1.54) is 17.5 Å². The molecule has 0 bridgehead atoms. The lowest BCUT2D eigenvalue weighted by Crippen LogP contribution is -2.39. The summed E-state index contributed by atoms with van der Waals surface area (Å²) in [7, 11) is 0. The zero-order valence-electron chi connectivity index (χ0n) is 11.8. The van der Waals surface area contributed by atoms with Crippen LogP contribution in [0.25, 0.3) is 0 Å². The molecule has 100 valence electrons. The Morgan fingerprint density at radius 3 is 2.67 bits per heavy atom. The predicted molar refractivity (Wildman–Crippen MR) is 75.8 cm³/mol. The number of nitrogens with one attached hydrogen (secondary N) is 1. The molecule has 0 radical (unpaired) electrons. The minimum Gasteiger partial charge on any atom is -0.372 e. The minimum absolute atomic E-state index is 0.191. The van der Waals surface area contributed by atoms with E-state index in [-0.39, 0.29) is 11.6 Å². The van der Waals surface area contributed by atoms with Crippen LogP contribution < -0.4 is 5.32 Å².